The molecule has 1 fully saturated rings. The molecule has 0 saturated heterocycles. The van der Waals surface area contributed by atoms with Crippen LogP contribution in [0.4, 0.5) is 19.1 Å². The lowest BCUT2D eigenvalue weighted by atomic mass is 10.0. The number of ether oxygens (including phenoxy) is 1. The van der Waals surface area contributed by atoms with Gasteiger partial charge in [-0.25, -0.2) is 19.6 Å². The molecular weight excluding hydrogens is 593 g/mol. The highest BCUT2D eigenvalue weighted by molar-refractivity contribution is 9.10. The number of benzene rings is 1. The molecule has 10 nitrogen and oxygen atoms in total. The number of aryl methyl sites for hydroxylation is 1. The van der Waals surface area contributed by atoms with Gasteiger partial charge in [-0.2, -0.15) is 18.2 Å². The van der Waals surface area contributed by atoms with Crippen molar-refractivity contribution in [2.45, 2.75) is 50.9 Å². The third-order valence-corrected chi connectivity index (χ3v) is 8.14. The number of hydrogen-bond donors (Lipinski definition) is 0. The van der Waals surface area contributed by atoms with Gasteiger partial charge in [-0.1, -0.05) is 24.3 Å². The number of anilines is 1. The lowest BCUT2D eigenvalue weighted by molar-refractivity contribution is -0.141. The third-order valence-electron chi connectivity index (χ3n) is 7.23. The minimum atomic E-state index is -4.58. The van der Waals surface area contributed by atoms with Crippen molar-refractivity contribution in [3.63, 3.8) is 0 Å². The summed E-state index contributed by atoms with van der Waals surface area (Å²) in [5, 5.41) is 4.70. The molecule has 0 bridgehead atoms. The number of fused-ring (bicyclic) bond motifs is 1. The van der Waals surface area contributed by atoms with Gasteiger partial charge in [0.2, 0.25) is 17.7 Å². The minimum Gasteiger partial charge on any atom is -0.480 e. The van der Waals surface area contributed by atoms with Crippen molar-refractivity contribution in [2.75, 3.05) is 12.0 Å². The number of aromatic nitrogens is 7. The van der Waals surface area contributed by atoms with E-state index in [1.165, 1.54) is 25.1 Å². The largest absolute Gasteiger partial charge is 0.480 e. The molecule has 0 unspecified atom stereocenters. The standard InChI is InChI=1S/C26H24BrF3N8O2/c1-13(14-4-8-16(9-5-14)23-33-20(26(28,29)30)21(27)36(23)2)38-17(39)10-11-37-25(38)34-22(35-37)18-19(15-6-7-15)31-12-32-24(18)40-3/h4-5,8-9,12-13,15H,6-7,10-11H2,1-3H3/t13-/m1/s1. The van der Waals surface area contributed by atoms with Gasteiger partial charge in [0.15, 0.2) is 11.5 Å². The average Bonchev–Trinajstić information content (AvgIpc) is 3.62. The molecule has 1 aliphatic carbocycles. The van der Waals surface area contributed by atoms with E-state index in [2.05, 4.69) is 30.9 Å². The van der Waals surface area contributed by atoms with Gasteiger partial charge in [0, 0.05) is 24.9 Å². The van der Waals surface area contributed by atoms with Crippen LogP contribution in [-0.2, 0) is 24.6 Å². The van der Waals surface area contributed by atoms with E-state index >= 15 is 0 Å². The van der Waals surface area contributed by atoms with E-state index in [1.807, 2.05) is 6.92 Å². The Balaban J connectivity index is 1.33. The van der Waals surface area contributed by atoms with Gasteiger partial charge < -0.3 is 9.30 Å². The molecule has 0 N–H and O–H groups in total. The fraction of sp³-hybridized carbons (Fsp3) is 0.385. The zero-order chi connectivity index (χ0) is 28.3. The van der Waals surface area contributed by atoms with E-state index in [1.54, 1.807) is 33.8 Å². The van der Waals surface area contributed by atoms with E-state index in [0.29, 0.717) is 41.2 Å². The summed E-state index contributed by atoms with van der Waals surface area (Å²) in [5.74, 6) is 1.55. The molecule has 1 aromatic carbocycles. The molecule has 4 aromatic rings. The second kappa shape index (κ2) is 9.68. The molecule has 6 rings (SSSR count). The summed E-state index contributed by atoms with van der Waals surface area (Å²) in [6.07, 6.45) is -0.822. The maximum absolute atomic E-state index is 13.3. The van der Waals surface area contributed by atoms with Gasteiger partial charge in [0.25, 0.3) is 0 Å². The molecule has 1 aliphatic heterocycles. The maximum Gasteiger partial charge on any atom is 0.436 e. The fourth-order valence-electron chi connectivity index (χ4n) is 4.98. The topological polar surface area (TPSA) is 104 Å². The van der Waals surface area contributed by atoms with Crippen LogP contribution in [0.1, 0.15) is 55.1 Å². The van der Waals surface area contributed by atoms with Crippen LogP contribution in [0.15, 0.2) is 35.2 Å². The summed E-state index contributed by atoms with van der Waals surface area (Å²) in [5.41, 5.74) is 1.78. The van der Waals surface area contributed by atoms with Crippen molar-refractivity contribution in [3.8, 4) is 28.7 Å². The van der Waals surface area contributed by atoms with E-state index in [9.17, 15) is 18.0 Å². The van der Waals surface area contributed by atoms with Gasteiger partial charge in [-0.05, 0) is 41.3 Å². The van der Waals surface area contributed by atoms with Crippen molar-refractivity contribution >= 4 is 27.8 Å². The van der Waals surface area contributed by atoms with E-state index in [-0.39, 0.29) is 22.8 Å². The van der Waals surface area contributed by atoms with Crippen molar-refractivity contribution in [2.24, 2.45) is 7.05 Å². The van der Waals surface area contributed by atoms with E-state index in [0.717, 1.165) is 24.1 Å². The number of rotatable bonds is 6. The van der Waals surface area contributed by atoms with Crippen LogP contribution in [0.3, 0.4) is 0 Å². The number of hydrogen-bond acceptors (Lipinski definition) is 7. The maximum atomic E-state index is 13.3. The smallest absolute Gasteiger partial charge is 0.436 e. The number of carbonyl (C=O) groups excluding carboxylic acids is 1. The summed E-state index contributed by atoms with van der Waals surface area (Å²) < 4.78 is 48.4. The molecule has 0 spiro atoms. The number of halogens is 4. The Morgan fingerprint density at radius 2 is 1.85 bits per heavy atom. The number of carbonyl (C=O) groups is 1. The number of amides is 1. The van der Waals surface area contributed by atoms with Gasteiger partial charge >= 0.3 is 6.18 Å². The lowest BCUT2D eigenvalue weighted by Crippen LogP contribution is -2.39. The van der Waals surface area contributed by atoms with Crippen molar-refractivity contribution in [1.82, 2.24) is 34.3 Å². The molecule has 40 heavy (non-hydrogen) atoms. The first-order chi connectivity index (χ1) is 19.1. The first-order valence-corrected chi connectivity index (χ1v) is 13.4. The molecule has 3 aromatic heterocycles. The van der Waals surface area contributed by atoms with Crippen molar-refractivity contribution in [1.29, 1.82) is 0 Å². The van der Waals surface area contributed by atoms with Crippen LogP contribution >= 0.6 is 15.9 Å². The molecular formula is C26H24BrF3N8O2. The summed E-state index contributed by atoms with van der Waals surface area (Å²) in [7, 11) is 3.05. The molecule has 1 atom stereocenters. The lowest BCUT2D eigenvalue weighted by Gasteiger charge is -2.31. The van der Waals surface area contributed by atoms with Crippen LogP contribution in [0, 0.1) is 0 Å². The first-order valence-electron chi connectivity index (χ1n) is 12.6. The van der Waals surface area contributed by atoms with Crippen LogP contribution < -0.4 is 9.64 Å². The third kappa shape index (κ3) is 4.43. The van der Waals surface area contributed by atoms with Crippen molar-refractivity contribution in [3.05, 3.63) is 52.1 Å². The van der Waals surface area contributed by atoms with Gasteiger partial charge in [0.1, 0.15) is 22.3 Å². The zero-order valence-electron chi connectivity index (χ0n) is 21.8. The first kappa shape index (κ1) is 26.4. The highest BCUT2D eigenvalue weighted by Gasteiger charge is 2.39. The minimum absolute atomic E-state index is 0.107. The number of methoxy groups -OCH3 is 1. The normalized spacial score (nSPS) is 16.3. The van der Waals surface area contributed by atoms with Crippen LogP contribution in [-0.4, -0.2) is 47.3 Å². The van der Waals surface area contributed by atoms with Crippen LogP contribution in [0.2, 0.25) is 0 Å². The number of alkyl halides is 3. The van der Waals surface area contributed by atoms with Gasteiger partial charge in [0.05, 0.1) is 25.4 Å². The zero-order valence-corrected chi connectivity index (χ0v) is 23.4. The number of nitrogens with zero attached hydrogens (tertiary/aromatic N) is 8. The van der Waals surface area contributed by atoms with Gasteiger partial charge in [-0.3, -0.25) is 9.69 Å². The van der Waals surface area contributed by atoms with Crippen molar-refractivity contribution < 1.29 is 22.7 Å². The molecule has 208 valence electrons. The van der Waals surface area contributed by atoms with E-state index in [4.69, 9.17) is 14.8 Å². The summed E-state index contributed by atoms with van der Waals surface area (Å²) in [6, 6.07) is 6.52. The highest BCUT2D eigenvalue weighted by atomic mass is 79.9. The molecule has 2 aliphatic rings. The highest BCUT2D eigenvalue weighted by Crippen LogP contribution is 2.45. The molecule has 4 heterocycles. The monoisotopic (exact) mass is 616 g/mol. The SMILES string of the molecule is COc1ncnc(C2CC2)c1-c1nc2n(n1)CCC(=O)N2[C@H](C)c1ccc(-c2nc(C(F)(F)F)c(Br)n2C)cc1. The Bertz CT molecular complexity index is 1610. The fourth-order valence-corrected chi connectivity index (χ4v) is 5.46. The Labute approximate surface area is 235 Å². The quantitative estimate of drug-likeness (QED) is 0.289. The van der Waals surface area contributed by atoms with Crippen LogP contribution in [0.5, 0.6) is 5.88 Å². The van der Waals surface area contributed by atoms with Crippen LogP contribution in [0.25, 0.3) is 22.8 Å². The molecule has 1 saturated carbocycles. The Hall–Kier alpha value is -3.81. The second-order valence-electron chi connectivity index (χ2n) is 9.82. The Morgan fingerprint density at radius 3 is 2.48 bits per heavy atom. The summed E-state index contributed by atoms with van der Waals surface area (Å²) in [4.78, 5) is 32.1. The molecule has 14 heteroatoms. The van der Waals surface area contributed by atoms with Gasteiger partial charge in [-0.15, -0.1) is 5.10 Å². The van der Waals surface area contributed by atoms with E-state index < -0.39 is 17.9 Å². The Kier molecular flexibility index (Phi) is 6.39. The predicted molar refractivity (Wildman–Crippen MR) is 141 cm³/mol. The number of imidazole rings is 1. The summed E-state index contributed by atoms with van der Waals surface area (Å²) >= 11 is 2.99. The second-order valence-corrected chi connectivity index (χ2v) is 10.6. The average molecular weight is 617 g/mol. The molecule has 1 amide bonds. The summed E-state index contributed by atoms with van der Waals surface area (Å²) in [6.45, 7) is 2.26. The Morgan fingerprint density at radius 1 is 1.12 bits per heavy atom. The predicted octanol–water partition coefficient (Wildman–Crippen LogP) is 5.30. The molecule has 0 radical (unpaired) electrons.